The minimum absolute atomic E-state index is 0.292. The Morgan fingerprint density at radius 3 is 2.52 bits per heavy atom. The zero-order valence-electron chi connectivity index (χ0n) is 11.1. The maximum absolute atomic E-state index is 12.2. The molecular weight excluding hydrogens is 331 g/mol. The van der Waals surface area contributed by atoms with Gasteiger partial charge in [0.1, 0.15) is 5.00 Å². The van der Waals surface area contributed by atoms with Gasteiger partial charge in [-0.25, -0.2) is 0 Å². The van der Waals surface area contributed by atoms with Crippen LogP contribution in [0.3, 0.4) is 0 Å². The Morgan fingerprint density at radius 1 is 1.24 bits per heavy atom. The van der Waals surface area contributed by atoms with E-state index in [1.165, 1.54) is 17.4 Å². The number of primary amides is 1. The molecule has 1 heterocycles. The van der Waals surface area contributed by atoms with Crippen molar-refractivity contribution in [2.75, 3.05) is 5.32 Å². The average Bonchev–Trinajstić information content (AvgIpc) is 2.85. The molecule has 1 aromatic carbocycles. The van der Waals surface area contributed by atoms with E-state index >= 15 is 0 Å². The third kappa shape index (κ3) is 3.56. The first-order valence-corrected chi connectivity index (χ1v) is 7.68. The van der Waals surface area contributed by atoms with Crippen LogP contribution in [0.15, 0.2) is 24.3 Å². The highest BCUT2D eigenvalue weighted by atomic mass is 35.5. The number of carbonyl (C=O) groups excluding carboxylic acids is 2. The van der Waals surface area contributed by atoms with E-state index in [0.29, 0.717) is 26.2 Å². The SMILES string of the molecule is CCc1cc(C(N)=O)c(NC(=O)c2ccc(Cl)c(Cl)c2)s1. The number of halogens is 2. The number of benzene rings is 1. The Balaban J connectivity index is 2.28. The first-order chi connectivity index (χ1) is 9.92. The maximum atomic E-state index is 12.2. The van der Waals surface area contributed by atoms with Gasteiger partial charge in [-0.05, 0) is 30.7 Å². The summed E-state index contributed by atoms with van der Waals surface area (Å²) < 4.78 is 0. The fraction of sp³-hybridized carbons (Fsp3) is 0.143. The monoisotopic (exact) mass is 342 g/mol. The van der Waals surface area contributed by atoms with E-state index in [-0.39, 0.29) is 5.91 Å². The number of anilines is 1. The van der Waals surface area contributed by atoms with Crippen LogP contribution in [0.1, 0.15) is 32.5 Å². The Morgan fingerprint density at radius 2 is 1.95 bits per heavy atom. The summed E-state index contributed by atoms with van der Waals surface area (Å²) >= 11 is 13.0. The highest BCUT2D eigenvalue weighted by Gasteiger charge is 2.16. The lowest BCUT2D eigenvalue weighted by molar-refractivity contribution is 0.100. The van der Waals surface area contributed by atoms with E-state index < -0.39 is 5.91 Å². The van der Waals surface area contributed by atoms with Crippen molar-refractivity contribution in [1.82, 2.24) is 0 Å². The van der Waals surface area contributed by atoms with Crippen LogP contribution >= 0.6 is 34.5 Å². The van der Waals surface area contributed by atoms with E-state index in [1.807, 2.05) is 6.92 Å². The molecular formula is C14H12Cl2N2O2S. The molecule has 0 aliphatic carbocycles. The quantitative estimate of drug-likeness (QED) is 0.882. The van der Waals surface area contributed by atoms with E-state index in [4.69, 9.17) is 28.9 Å². The standard InChI is InChI=1S/C14H12Cl2N2O2S/c1-2-8-6-9(12(17)19)14(21-8)18-13(20)7-3-4-10(15)11(16)5-7/h3-6H,2H2,1H3,(H2,17,19)(H,18,20). The van der Waals surface area contributed by atoms with Gasteiger partial charge in [-0.2, -0.15) is 0 Å². The van der Waals surface area contributed by atoms with Crippen molar-refractivity contribution in [1.29, 1.82) is 0 Å². The number of amides is 2. The highest BCUT2D eigenvalue weighted by molar-refractivity contribution is 7.16. The topological polar surface area (TPSA) is 72.2 Å². The van der Waals surface area contributed by atoms with E-state index in [1.54, 1.807) is 18.2 Å². The molecule has 0 aliphatic rings. The molecule has 0 fully saturated rings. The molecule has 1 aromatic heterocycles. The first-order valence-electron chi connectivity index (χ1n) is 6.11. The van der Waals surface area contributed by atoms with Gasteiger partial charge >= 0.3 is 0 Å². The number of hydrogen-bond acceptors (Lipinski definition) is 3. The van der Waals surface area contributed by atoms with Crippen LogP contribution in [0.25, 0.3) is 0 Å². The zero-order valence-corrected chi connectivity index (χ0v) is 13.4. The largest absolute Gasteiger partial charge is 0.366 e. The average molecular weight is 343 g/mol. The lowest BCUT2D eigenvalue weighted by atomic mass is 10.2. The smallest absolute Gasteiger partial charge is 0.256 e. The fourth-order valence-corrected chi connectivity index (χ4v) is 3.00. The van der Waals surface area contributed by atoms with Gasteiger partial charge < -0.3 is 11.1 Å². The van der Waals surface area contributed by atoms with Crippen LogP contribution < -0.4 is 11.1 Å². The molecule has 0 unspecified atom stereocenters. The molecule has 0 radical (unpaired) electrons. The summed E-state index contributed by atoms with van der Waals surface area (Å²) in [5, 5.41) is 3.79. The Kier molecular flexibility index (Phi) is 4.88. The molecule has 2 rings (SSSR count). The van der Waals surface area contributed by atoms with E-state index in [2.05, 4.69) is 5.32 Å². The number of carbonyl (C=O) groups is 2. The van der Waals surface area contributed by atoms with E-state index in [0.717, 1.165) is 11.3 Å². The normalized spacial score (nSPS) is 10.4. The van der Waals surface area contributed by atoms with Gasteiger partial charge in [0, 0.05) is 10.4 Å². The Hall–Kier alpha value is -1.56. The maximum Gasteiger partial charge on any atom is 0.256 e. The summed E-state index contributed by atoms with van der Waals surface area (Å²) in [7, 11) is 0. The lowest BCUT2D eigenvalue weighted by Crippen LogP contribution is -2.16. The van der Waals surface area contributed by atoms with Crippen LogP contribution in [0.2, 0.25) is 10.0 Å². The number of rotatable bonds is 4. The fourth-order valence-electron chi connectivity index (χ4n) is 1.70. The zero-order chi connectivity index (χ0) is 15.6. The van der Waals surface area contributed by atoms with Gasteiger partial charge in [-0.15, -0.1) is 11.3 Å². The molecule has 2 amide bonds. The summed E-state index contributed by atoms with van der Waals surface area (Å²) in [4.78, 5) is 24.6. The van der Waals surface area contributed by atoms with Crippen LogP contribution in [0, 0.1) is 0 Å². The number of thiophene rings is 1. The molecule has 0 aliphatic heterocycles. The minimum Gasteiger partial charge on any atom is -0.366 e. The predicted octanol–water partition coefficient (Wildman–Crippen LogP) is 3.97. The van der Waals surface area contributed by atoms with Crippen LogP contribution in [-0.4, -0.2) is 11.8 Å². The van der Waals surface area contributed by atoms with Crippen molar-refractivity contribution in [3.8, 4) is 0 Å². The summed E-state index contributed by atoms with van der Waals surface area (Å²) in [6, 6.07) is 6.26. The lowest BCUT2D eigenvalue weighted by Gasteiger charge is -2.05. The molecule has 110 valence electrons. The summed E-state index contributed by atoms with van der Waals surface area (Å²) in [5.41, 5.74) is 5.98. The molecule has 7 heteroatoms. The minimum atomic E-state index is -0.574. The van der Waals surface area contributed by atoms with Crippen molar-refractivity contribution >= 4 is 51.4 Å². The van der Waals surface area contributed by atoms with Gasteiger partial charge in [-0.3, -0.25) is 9.59 Å². The van der Waals surface area contributed by atoms with Crippen molar-refractivity contribution in [2.24, 2.45) is 5.73 Å². The number of nitrogens with one attached hydrogen (secondary N) is 1. The van der Waals surface area contributed by atoms with Crippen LogP contribution in [-0.2, 0) is 6.42 Å². The van der Waals surface area contributed by atoms with Crippen LogP contribution in [0.5, 0.6) is 0 Å². The molecule has 0 atom stereocenters. The third-order valence-electron chi connectivity index (χ3n) is 2.81. The van der Waals surface area contributed by atoms with Gasteiger partial charge in [0.15, 0.2) is 0 Å². The van der Waals surface area contributed by atoms with Crippen molar-refractivity contribution in [3.05, 3.63) is 50.3 Å². The van der Waals surface area contributed by atoms with Gasteiger partial charge in [0.2, 0.25) is 0 Å². The van der Waals surface area contributed by atoms with E-state index in [9.17, 15) is 9.59 Å². The van der Waals surface area contributed by atoms with Crippen molar-refractivity contribution in [3.63, 3.8) is 0 Å². The predicted molar refractivity (Wildman–Crippen MR) is 86.6 cm³/mol. The molecule has 0 saturated carbocycles. The Bertz CT molecular complexity index is 713. The van der Waals surface area contributed by atoms with Crippen LogP contribution in [0.4, 0.5) is 5.00 Å². The van der Waals surface area contributed by atoms with Gasteiger partial charge in [0.05, 0.1) is 15.6 Å². The summed E-state index contributed by atoms with van der Waals surface area (Å²) in [6.07, 6.45) is 0.758. The Labute approximate surface area is 135 Å². The molecule has 3 N–H and O–H groups in total. The summed E-state index contributed by atoms with van der Waals surface area (Å²) in [5.74, 6) is -0.948. The summed E-state index contributed by atoms with van der Waals surface area (Å²) in [6.45, 7) is 1.96. The number of aryl methyl sites for hydroxylation is 1. The molecule has 0 bridgehead atoms. The third-order valence-corrected chi connectivity index (χ3v) is 4.74. The second-order valence-electron chi connectivity index (χ2n) is 4.26. The van der Waals surface area contributed by atoms with Crippen molar-refractivity contribution < 1.29 is 9.59 Å². The molecule has 0 spiro atoms. The number of nitrogens with two attached hydrogens (primary N) is 1. The second kappa shape index (κ2) is 6.47. The number of hydrogen-bond donors (Lipinski definition) is 2. The van der Waals surface area contributed by atoms with Gasteiger partial charge in [-0.1, -0.05) is 30.1 Å². The molecule has 0 saturated heterocycles. The molecule has 21 heavy (non-hydrogen) atoms. The molecule has 2 aromatic rings. The highest BCUT2D eigenvalue weighted by Crippen LogP contribution is 2.29. The second-order valence-corrected chi connectivity index (χ2v) is 6.21. The molecule has 4 nitrogen and oxygen atoms in total. The first kappa shape index (κ1) is 15.8. The van der Waals surface area contributed by atoms with Gasteiger partial charge in [0.25, 0.3) is 11.8 Å². The van der Waals surface area contributed by atoms with Crippen molar-refractivity contribution in [2.45, 2.75) is 13.3 Å².